The molecule has 4 nitrogen and oxygen atoms in total. The van der Waals surface area contributed by atoms with Crippen molar-refractivity contribution in [3.05, 3.63) is 0 Å². The lowest BCUT2D eigenvalue weighted by Crippen LogP contribution is -2.71. The summed E-state index contributed by atoms with van der Waals surface area (Å²) in [5.74, 6) is 1.12. The predicted octanol–water partition coefficient (Wildman–Crippen LogP) is 2.18. The lowest BCUT2D eigenvalue weighted by atomic mass is 9.88. The van der Waals surface area contributed by atoms with Crippen LogP contribution in [0.2, 0.25) is 0 Å². The standard InChI is InChI=1S/C15H26N2O2S/c1-4-11(10-20-3)17-12(5-2)13(18)16-15(14(17)19)8-6-7-9-15/h11-12H,4-10H2,1-3H3,(H,16,18). The molecule has 0 aromatic heterocycles. The topological polar surface area (TPSA) is 49.4 Å². The second-order valence-electron chi connectivity index (χ2n) is 5.93. The molecule has 2 atom stereocenters. The Hall–Kier alpha value is -0.710. The van der Waals surface area contributed by atoms with E-state index in [0.717, 1.165) is 37.9 Å². The highest BCUT2D eigenvalue weighted by Crippen LogP contribution is 2.36. The predicted molar refractivity (Wildman–Crippen MR) is 82.7 cm³/mol. The molecule has 1 saturated carbocycles. The highest BCUT2D eigenvalue weighted by atomic mass is 32.2. The lowest BCUT2D eigenvalue weighted by Gasteiger charge is -2.47. The van der Waals surface area contributed by atoms with E-state index in [0.29, 0.717) is 6.42 Å². The number of nitrogens with one attached hydrogen (secondary N) is 1. The van der Waals surface area contributed by atoms with Gasteiger partial charge < -0.3 is 10.2 Å². The molecule has 0 aromatic rings. The molecule has 2 aliphatic rings. The summed E-state index contributed by atoms with van der Waals surface area (Å²) in [5, 5.41) is 3.06. The number of thioether (sulfide) groups is 1. The van der Waals surface area contributed by atoms with Crippen LogP contribution in [0.5, 0.6) is 0 Å². The van der Waals surface area contributed by atoms with Gasteiger partial charge in [-0.2, -0.15) is 11.8 Å². The first kappa shape index (κ1) is 15.7. The van der Waals surface area contributed by atoms with Gasteiger partial charge in [-0.25, -0.2) is 0 Å². The normalized spacial score (nSPS) is 26.9. The number of rotatable bonds is 5. The van der Waals surface area contributed by atoms with Gasteiger partial charge in [-0.15, -0.1) is 0 Å². The molecule has 1 N–H and O–H groups in total. The zero-order valence-electron chi connectivity index (χ0n) is 12.8. The Labute approximate surface area is 126 Å². The van der Waals surface area contributed by atoms with Crippen LogP contribution in [-0.2, 0) is 9.59 Å². The summed E-state index contributed by atoms with van der Waals surface area (Å²) in [7, 11) is 0. The minimum atomic E-state index is -0.589. The number of nitrogens with zero attached hydrogens (tertiary/aromatic N) is 1. The molecule has 0 aromatic carbocycles. The Morgan fingerprint density at radius 2 is 2.00 bits per heavy atom. The number of carbonyl (C=O) groups is 2. The Bertz CT molecular complexity index is 380. The third kappa shape index (κ3) is 2.57. The molecule has 114 valence electrons. The van der Waals surface area contributed by atoms with Crippen LogP contribution in [0.1, 0.15) is 52.4 Å². The van der Waals surface area contributed by atoms with Crippen molar-refractivity contribution in [3.63, 3.8) is 0 Å². The number of piperazine rings is 1. The minimum Gasteiger partial charge on any atom is -0.340 e. The summed E-state index contributed by atoms with van der Waals surface area (Å²) in [5.41, 5.74) is -0.589. The van der Waals surface area contributed by atoms with Crippen molar-refractivity contribution in [2.45, 2.75) is 70.0 Å². The van der Waals surface area contributed by atoms with Crippen molar-refractivity contribution in [1.29, 1.82) is 0 Å². The summed E-state index contributed by atoms with van der Waals surface area (Å²) in [6, 6.07) is -0.114. The van der Waals surface area contributed by atoms with Crippen molar-refractivity contribution in [2.75, 3.05) is 12.0 Å². The van der Waals surface area contributed by atoms with Gasteiger partial charge in [-0.05, 0) is 31.9 Å². The van der Waals surface area contributed by atoms with Gasteiger partial charge in [-0.3, -0.25) is 9.59 Å². The average molecular weight is 298 g/mol. The van der Waals surface area contributed by atoms with Crippen LogP contribution in [0.4, 0.5) is 0 Å². The van der Waals surface area contributed by atoms with E-state index in [1.165, 1.54) is 0 Å². The molecule has 1 aliphatic carbocycles. The van der Waals surface area contributed by atoms with Crippen molar-refractivity contribution < 1.29 is 9.59 Å². The Morgan fingerprint density at radius 3 is 2.50 bits per heavy atom. The zero-order valence-corrected chi connectivity index (χ0v) is 13.6. The number of amides is 2. The molecular formula is C15H26N2O2S. The number of hydrogen-bond acceptors (Lipinski definition) is 3. The fraction of sp³-hybridized carbons (Fsp3) is 0.867. The maximum absolute atomic E-state index is 13.0. The van der Waals surface area contributed by atoms with Gasteiger partial charge in [0.25, 0.3) is 0 Å². The second-order valence-corrected chi connectivity index (χ2v) is 6.84. The summed E-state index contributed by atoms with van der Waals surface area (Å²) in [4.78, 5) is 27.4. The van der Waals surface area contributed by atoms with E-state index in [-0.39, 0.29) is 23.9 Å². The zero-order chi connectivity index (χ0) is 14.8. The molecule has 1 aliphatic heterocycles. The molecule has 1 heterocycles. The summed E-state index contributed by atoms with van der Waals surface area (Å²) < 4.78 is 0. The van der Waals surface area contributed by atoms with Crippen LogP contribution in [0.15, 0.2) is 0 Å². The maximum Gasteiger partial charge on any atom is 0.249 e. The fourth-order valence-electron chi connectivity index (χ4n) is 3.59. The Kier molecular flexibility index (Phi) is 4.99. The smallest absolute Gasteiger partial charge is 0.249 e. The average Bonchev–Trinajstić information content (AvgIpc) is 2.90. The molecule has 5 heteroatoms. The van der Waals surface area contributed by atoms with E-state index in [1.807, 2.05) is 11.8 Å². The highest BCUT2D eigenvalue weighted by Gasteiger charge is 2.52. The first-order chi connectivity index (χ1) is 9.59. The molecule has 1 spiro atoms. The van der Waals surface area contributed by atoms with E-state index in [1.54, 1.807) is 11.8 Å². The van der Waals surface area contributed by atoms with Crippen LogP contribution < -0.4 is 5.32 Å². The van der Waals surface area contributed by atoms with Crippen LogP contribution in [0.3, 0.4) is 0 Å². The third-order valence-electron chi connectivity index (χ3n) is 4.71. The van der Waals surface area contributed by atoms with Gasteiger partial charge in [0.2, 0.25) is 11.8 Å². The van der Waals surface area contributed by atoms with Crippen LogP contribution in [-0.4, -0.2) is 46.3 Å². The van der Waals surface area contributed by atoms with Gasteiger partial charge in [0.05, 0.1) is 0 Å². The minimum absolute atomic E-state index is 0.0496. The Morgan fingerprint density at radius 1 is 1.35 bits per heavy atom. The van der Waals surface area contributed by atoms with Gasteiger partial charge in [0, 0.05) is 11.8 Å². The van der Waals surface area contributed by atoms with E-state index in [2.05, 4.69) is 18.5 Å². The van der Waals surface area contributed by atoms with E-state index in [4.69, 9.17) is 0 Å². The molecule has 0 radical (unpaired) electrons. The van der Waals surface area contributed by atoms with Crippen LogP contribution >= 0.6 is 11.8 Å². The molecule has 2 amide bonds. The first-order valence-electron chi connectivity index (χ1n) is 7.73. The van der Waals surface area contributed by atoms with E-state index < -0.39 is 5.54 Å². The first-order valence-corrected chi connectivity index (χ1v) is 9.12. The number of hydrogen-bond donors (Lipinski definition) is 1. The quantitative estimate of drug-likeness (QED) is 0.846. The van der Waals surface area contributed by atoms with E-state index >= 15 is 0 Å². The fourth-order valence-corrected chi connectivity index (χ4v) is 4.38. The molecule has 20 heavy (non-hydrogen) atoms. The van der Waals surface area contributed by atoms with Crippen LogP contribution in [0.25, 0.3) is 0 Å². The van der Waals surface area contributed by atoms with Gasteiger partial charge in [-0.1, -0.05) is 26.7 Å². The van der Waals surface area contributed by atoms with Gasteiger partial charge in [0.1, 0.15) is 11.6 Å². The van der Waals surface area contributed by atoms with Crippen LogP contribution in [0, 0.1) is 0 Å². The maximum atomic E-state index is 13.0. The molecule has 2 rings (SSSR count). The monoisotopic (exact) mass is 298 g/mol. The molecule has 1 saturated heterocycles. The number of carbonyl (C=O) groups excluding carboxylic acids is 2. The third-order valence-corrected chi connectivity index (χ3v) is 5.43. The Balaban J connectivity index is 2.31. The summed E-state index contributed by atoms with van der Waals surface area (Å²) in [6.45, 7) is 4.09. The highest BCUT2D eigenvalue weighted by molar-refractivity contribution is 7.98. The van der Waals surface area contributed by atoms with Crippen molar-refractivity contribution in [3.8, 4) is 0 Å². The van der Waals surface area contributed by atoms with Gasteiger partial charge in [0.15, 0.2) is 0 Å². The SMILES string of the molecule is CCC(CSC)N1C(=O)C2(CCCC2)NC(=O)C1CC. The molecule has 2 fully saturated rings. The second kappa shape index (κ2) is 6.37. The van der Waals surface area contributed by atoms with E-state index in [9.17, 15) is 9.59 Å². The summed E-state index contributed by atoms with van der Waals surface area (Å²) >= 11 is 1.75. The van der Waals surface area contributed by atoms with Crippen molar-refractivity contribution >= 4 is 23.6 Å². The summed E-state index contributed by atoms with van der Waals surface area (Å²) in [6.07, 6.45) is 7.35. The lowest BCUT2D eigenvalue weighted by molar-refractivity contribution is -0.157. The largest absolute Gasteiger partial charge is 0.340 e. The van der Waals surface area contributed by atoms with Crippen molar-refractivity contribution in [1.82, 2.24) is 10.2 Å². The molecular weight excluding hydrogens is 272 g/mol. The van der Waals surface area contributed by atoms with Crippen molar-refractivity contribution in [2.24, 2.45) is 0 Å². The molecule has 2 unspecified atom stereocenters. The molecule has 0 bridgehead atoms. The van der Waals surface area contributed by atoms with Gasteiger partial charge >= 0.3 is 0 Å².